The lowest BCUT2D eigenvalue weighted by molar-refractivity contribution is -0.141. The summed E-state index contributed by atoms with van der Waals surface area (Å²) in [5.74, 6) is -0.744. The Hall–Kier alpha value is -2.28. The number of thiazole rings is 1. The van der Waals surface area contributed by atoms with Gasteiger partial charge in [-0.2, -0.15) is 0 Å². The molecule has 0 radical (unpaired) electrons. The van der Waals surface area contributed by atoms with E-state index in [4.69, 9.17) is 0 Å². The zero-order valence-electron chi connectivity index (χ0n) is 10.8. The molecule has 6 nitrogen and oxygen atoms in total. The van der Waals surface area contributed by atoms with E-state index in [0.717, 1.165) is 10.6 Å². The molecular weight excluding hydrogens is 278 g/mol. The van der Waals surface area contributed by atoms with Crippen LogP contribution in [0.2, 0.25) is 0 Å². The number of carbonyl (C=O) groups excluding carboxylic acids is 2. The molecule has 0 fully saturated rings. The molecule has 0 aromatic carbocycles. The second kappa shape index (κ2) is 6.76. The highest BCUT2D eigenvalue weighted by Crippen LogP contribution is 2.22. The SMILES string of the molecule is COC(=O)CNC(=O)Cc1csc(-c2cccnc2)n1. The van der Waals surface area contributed by atoms with Crippen LogP contribution >= 0.6 is 11.3 Å². The number of methoxy groups -OCH3 is 1. The second-order valence-corrected chi connectivity index (χ2v) is 4.77. The van der Waals surface area contributed by atoms with Gasteiger partial charge in [-0.1, -0.05) is 0 Å². The van der Waals surface area contributed by atoms with Crippen LogP contribution < -0.4 is 5.32 Å². The largest absolute Gasteiger partial charge is 0.468 e. The van der Waals surface area contributed by atoms with Gasteiger partial charge in [-0.25, -0.2) is 4.98 Å². The molecule has 20 heavy (non-hydrogen) atoms. The summed E-state index contributed by atoms with van der Waals surface area (Å²) in [5.41, 5.74) is 1.58. The van der Waals surface area contributed by atoms with Gasteiger partial charge < -0.3 is 10.1 Å². The van der Waals surface area contributed by atoms with Gasteiger partial charge in [-0.05, 0) is 12.1 Å². The Balaban J connectivity index is 1.93. The molecule has 7 heteroatoms. The van der Waals surface area contributed by atoms with Crippen molar-refractivity contribution in [2.24, 2.45) is 0 Å². The summed E-state index contributed by atoms with van der Waals surface area (Å²) >= 11 is 1.45. The summed E-state index contributed by atoms with van der Waals surface area (Å²) < 4.78 is 4.44. The van der Waals surface area contributed by atoms with Crippen LogP contribution in [0.3, 0.4) is 0 Å². The molecule has 104 valence electrons. The normalized spacial score (nSPS) is 10.1. The van der Waals surface area contributed by atoms with E-state index in [1.165, 1.54) is 18.4 Å². The lowest BCUT2D eigenvalue weighted by Gasteiger charge is -2.01. The van der Waals surface area contributed by atoms with Crippen molar-refractivity contribution in [2.45, 2.75) is 6.42 Å². The Bertz CT molecular complexity index is 598. The van der Waals surface area contributed by atoms with Gasteiger partial charge in [0.1, 0.15) is 11.6 Å². The number of rotatable bonds is 5. The lowest BCUT2D eigenvalue weighted by atomic mass is 10.3. The monoisotopic (exact) mass is 291 g/mol. The number of nitrogens with zero attached hydrogens (tertiary/aromatic N) is 2. The van der Waals surface area contributed by atoms with Crippen LogP contribution in [-0.4, -0.2) is 35.5 Å². The molecule has 1 amide bonds. The summed E-state index contributed by atoms with van der Waals surface area (Å²) in [6.07, 6.45) is 3.55. The van der Waals surface area contributed by atoms with Crippen LogP contribution in [0.1, 0.15) is 5.69 Å². The van der Waals surface area contributed by atoms with Crippen LogP contribution in [-0.2, 0) is 20.7 Å². The maximum Gasteiger partial charge on any atom is 0.325 e. The van der Waals surface area contributed by atoms with E-state index in [-0.39, 0.29) is 18.9 Å². The van der Waals surface area contributed by atoms with Crippen molar-refractivity contribution < 1.29 is 14.3 Å². The molecule has 0 aliphatic heterocycles. The predicted octanol–water partition coefficient (Wildman–Crippen LogP) is 1.04. The third-order valence-corrected chi connectivity index (χ3v) is 3.40. The number of pyridine rings is 1. The number of aromatic nitrogens is 2. The molecule has 0 aliphatic carbocycles. The molecule has 0 unspecified atom stereocenters. The van der Waals surface area contributed by atoms with Crippen LogP contribution in [0.4, 0.5) is 0 Å². The molecule has 0 spiro atoms. The molecule has 2 heterocycles. The molecule has 0 saturated heterocycles. The molecule has 2 aromatic heterocycles. The molecule has 1 N–H and O–H groups in total. The standard InChI is InChI=1S/C13H13N3O3S/c1-19-12(18)7-15-11(17)5-10-8-20-13(16-10)9-3-2-4-14-6-9/h2-4,6,8H,5,7H2,1H3,(H,15,17). The first-order valence-corrected chi connectivity index (χ1v) is 6.75. The van der Waals surface area contributed by atoms with E-state index in [1.807, 2.05) is 17.5 Å². The Labute approximate surface area is 119 Å². The predicted molar refractivity (Wildman–Crippen MR) is 74.1 cm³/mol. The van der Waals surface area contributed by atoms with Gasteiger partial charge in [0, 0.05) is 23.3 Å². The van der Waals surface area contributed by atoms with E-state index in [0.29, 0.717) is 5.69 Å². The van der Waals surface area contributed by atoms with Gasteiger partial charge in [-0.15, -0.1) is 11.3 Å². The quantitative estimate of drug-likeness (QED) is 0.832. The first-order valence-electron chi connectivity index (χ1n) is 5.87. The number of hydrogen-bond acceptors (Lipinski definition) is 6. The summed E-state index contributed by atoms with van der Waals surface area (Å²) in [7, 11) is 1.27. The molecule has 0 saturated carbocycles. The summed E-state index contributed by atoms with van der Waals surface area (Å²) in [4.78, 5) is 30.9. The van der Waals surface area contributed by atoms with Crippen molar-refractivity contribution in [3.63, 3.8) is 0 Å². The maximum absolute atomic E-state index is 11.6. The fourth-order valence-electron chi connectivity index (χ4n) is 1.48. The Morgan fingerprint density at radius 3 is 3.00 bits per heavy atom. The summed E-state index contributed by atoms with van der Waals surface area (Å²) in [6, 6.07) is 3.74. The molecule has 0 bridgehead atoms. The second-order valence-electron chi connectivity index (χ2n) is 3.92. The summed E-state index contributed by atoms with van der Waals surface area (Å²) in [6.45, 7) is -0.130. The third kappa shape index (κ3) is 3.86. The van der Waals surface area contributed by atoms with Crippen LogP contribution in [0, 0.1) is 0 Å². The Morgan fingerprint density at radius 2 is 2.30 bits per heavy atom. The van der Waals surface area contributed by atoms with Crippen molar-refractivity contribution in [3.05, 3.63) is 35.6 Å². The van der Waals surface area contributed by atoms with Crippen LogP contribution in [0.25, 0.3) is 10.6 Å². The van der Waals surface area contributed by atoms with E-state index in [9.17, 15) is 9.59 Å². The Kier molecular flexibility index (Phi) is 4.78. The van der Waals surface area contributed by atoms with E-state index >= 15 is 0 Å². The number of carbonyl (C=O) groups is 2. The van der Waals surface area contributed by atoms with Crippen molar-refractivity contribution in [1.29, 1.82) is 0 Å². The number of nitrogens with one attached hydrogen (secondary N) is 1. The minimum Gasteiger partial charge on any atom is -0.468 e. The fourth-order valence-corrected chi connectivity index (χ4v) is 2.29. The lowest BCUT2D eigenvalue weighted by Crippen LogP contribution is -2.31. The number of ether oxygens (including phenoxy) is 1. The van der Waals surface area contributed by atoms with Gasteiger partial charge in [0.2, 0.25) is 5.91 Å². The smallest absolute Gasteiger partial charge is 0.325 e. The van der Waals surface area contributed by atoms with Gasteiger partial charge in [0.15, 0.2) is 0 Å². The van der Waals surface area contributed by atoms with Crippen LogP contribution in [0.15, 0.2) is 29.9 Å². The molecule has 2 aromatic rings. The first-order chi connectivity index (χ1) is 9.69. The van der Waals surface area contributed by atoms with E-state index in [1.54, 1.807) is 12.4 Å². The molecule has 0 atom stereocenters. The highest BCUT2D eigenvalue weighted by molar-refractivity contribution is 7.13. The molecule has 0 aliphatic rings. The van der Waals surface area contributed by atoms with Crippen molar-refractivity contribution in [1.82, 2.24) is 15.3 Å². The van der Waals surface area contributed by atoms with E-state index < -0.39 is 5.97 Å². The topological polar surface area (TPSA) is 81.2 Å². The van der Waals surface area contributed by atoms with Crippen molar-refractivity contribution >= 4 is 23.2 Å². The highest BCUT2D eigenvalue weighted by atomic mass is 32.1. The third-order valence-electron chi connectivity index (χ3n) is 2.46. The maximum atomic E-state index is 11.6. The van der Waals surface area contributed by atoms with Crippen molar-refractivity contribution in [3.8, 4) is 10.6 Å². The zero-order valence-corrected chi connectivity index (χ0v) is 11.6. The number of amides is 1. The highest BCUT2D eigenvalue weighted by Gasteiger charge is 2.10. The fraction of sp³-hybridized carbons (Fsp3) is 0.231. The average molecular weight is 291 g/mol. The van der Waals surface area contributed by atoms with Crippen LogP contribution in [0.5, 0.6) is 0 Å². The van der Waals surface area contributed by atoms with Gasteiger partial charge in [0.25, 0.3) is 0 Å². The molecule has 2 rings (SSSR count). The minimum absolute atomic E-state index is 0.130. The first kappa shape index (κ1) is 14.1. The van der Waals surface area contributed by atoms with Gasteiger partial charge in [0.05, 0.1) is 19.2 Å². The average Bonchev–Trinajstić information content (AvgIpc) is 2.94. The zero-order chi connectivity index (χ0) is 14.4. The minimum atomic E-state index is -0.479. The van der Waals surface area contributed by atoms with Crippen molar-refractivity contribution in [2.75, 3.05) is 13.7 Å². The molecular formula is C13H13N3O3S. The van der Waals surface area contributed by atoms with Gasteiger partial charge in [-0.3, -0.25) is 14.6 Å². The van der Waals surface area contributed by atoms with E-state index in [2.05, 4.69) is 20.0 Å². The Morgan fingerprint density at radius 1 is 1.45 bits per heavy atom. The number of hydrogen-bond donors (Lipinski definition) is 1. The number of esters is 1. The van der Waals surface area contributed by atoms with Gasteiger partial charge >= 0.3 is 5.97 Å². The summed E-state index contributed by atoms with van der Waals surface area (Å²) in [5, 5.41) is 5.10.